The molecular formula is C16H23N5. The lowest BCUT2D eigenvalue weighted by Crippen LogP contribution is -2.46. The second-order valence-electron chi connectivity index (χ2n) is 5.80. The van der Waals surface area contributed by atoms with Crippen LogP contribution in [0, 0.1) is 0 Å². The van der Waals surface area contributed by atoms with Gasteiger partial charge in [0.25, 0.3) is 0 Å². The van der Waals surface area contributed by atoms with E-state index in [0.29, 0.717) is 6.04 Å². The summed E-state index contributed by atoms with van der Waals surface area (Å²) in [5.41, 5.74) is 0. The molecule has 0 amide bonds. The quantitative estimate of drug-likeness (QED) is 0.860. The number of imidazole rings is 1. The van der Waals surface area contributed by atoms with Crippen LogP contribution in [-0.2, 0) is 13.6 Å². The summed E-state index contributed by atoms with van der Waals surface area (Å²) in [6.07, 6.45) is 8.20. The zero-order chi connectivity index (χ0) is 14.7. The largest absolute Gasteiger partial charge is 0.355 e. The summed E-state index contributed by atoms with van der Waals surface area (Å²) in [5, 5.41) is 0. The molecule has 0 saturated carbocycles. The van der Waals surface area contributed by atoms with Crippen LogP contribution in [0.4, 0.5) is 5.82 Å². The van der Waals surface area contributed by atoms with Gasteiger partial charge in [-0.2, -0.15) is 0 Å². The first kappa shape index (κ1) is 14.1. The van der Waals surface area contributed by atoms with Crippen molar-refractivity contribution >= 4 is 5.82 Å². The Bertz CT molecular complexity index is 565. The van der Waals surface area contributed by atoms with Crippen LogP contribution in [0.2, 0.25) is 0 Å². The zero-order valence-electron chi connectivity index (χ0n) is 12.8. The van der Waals surface area contributed by atoms with E-state index in [4.69, 9.17) is 0 Å². The van der Waals surface area contributed by atoms with Gasteiger partial charge in [-0.1, -0.05) is 6.07 Å². The van der Waals surface area contributed by atoms with Crippen molar-refractivity contribution in [1.29, 1.82) is 0 Å². The SMILES string of the molecule is CN(Cc1nccn1C)C1CCCN(c2ccccn2)C1. The van der Waals surface area contributed by atoms with Crippen LogP contribution in [-0.4, -0.2) is 45.6 Å². The number of likely N-dealkylation sites (N-methyl/N-ethyl adjacent to an activating group) is 1. The van der Waals surface area contributed by atoms with Gasteiger partial charge in [0.1, 0.15) is 11.6 Å². The number of aromatic nitrogens is 3. The molecule has 2 aromatic rings. The molecule has 2 aromatic heterocycles. The summed E-state index contributed by atoms with van der Waals surface area (Å²) in [7, 11) is 4.25. The molecule has 5 nitrogen and oxygen atoms in total. The van der Waals surface area contributed by atoms with E-state index in [9.17, 15) is 0 Å². The molecule has 3 heterocycles. The van der Waals surface area contributed by atoms with Crippen LogP contribution in [0.1, 0.15) is 18.7 Å². The Morgan fingerprint density at radius 3 is 2.90 bits per heavy atom. The Morgan fingerprint density at radius 1 is 1.29 bits per heavy atom. The minimum atomic E-state index is 0.553. The van der Waals surface area contributed by atoms with Gasteiger partial charge in [0.15, 0.2) is 0 Å². The van der Waals surface area contributed by atoms with Gasteiger partial charge >= 0.3 is 0 Å². The van der Waals surface area contributed by atoms with Gasteiger partial charge in [0.05, 0.1) is 6.54 Å². The molecule has 1 atom stereocenters. The van der Waals surface area contributed by atoms with E-state index in [1.807, 2.05) is 24.7 Å². The molecule has 0 radical (unpaired) electrons. The van der Waals surface area contributed by atoms with E-state index in [2.05, 4.69) is 50.6 Å². The molecule has 112 valence electrons. The molecule has 1 unspecified atom stereocenters. The maximum absolute atomic E-state index is 4.48. The van der Waals surface area contributed by atoms with Crippen LogP contribution in [0.5, 0.6) is 0 Å². The van der Waals surface area contributed by atoms with Crippen molar-refractivity contribution in [3.05, 3.63) is 42.6 Å². The van der Waals surface area contributed by atoms with Gasteiger partial charge in [0, 0.05) is 44.8 Å². The fourth-order valence-electron chi connectivity index (χ4n) is 2.96. The molecule has 0 bridgehead atoms. The number of pyridine rings is 1. The first-order chi connectivity index (χ1) is 10.2. The van der Waals surface area contributed by atoms with Gasteiger partial charge in [-0.05, 0) is 32.0 Å². The molecule has 3 rings (SSSR count). The lowest BCUT2D eigenvalue weighted by molar-refractivity contribution is 0.201. The number of nitrogens with zero attached hydrogens (tertiary/aromatic N) is 5. The molecule has 1 saturated heterocycles. The summed E-state index contributed by atoms with van der Waals surface area (Å²) >= 11 is 0. The van der Waals surface area contributed by atoms with Crippen molar-refractivity contribution in [2.75, 3.05) is 25.0 Å². The predicted molar refractivity (Wildman–Crippen MR) is 84.1 cm³/mol. The fraction of sp³-hybridized carbons (Fsp3) is 0.500. The third-order valence-electron chi connectivity index (χ3n) is 4.30. The molecular weight excluding hydrogens is 262 g/mol. The van der Waals surface area contributed by atoms with Crippen molar-refractivity contribution < 1.29 is 0 Å². The van der Waals surface area contributed by atoms with Crippen molar-refractivity contribution in [2.45, 2.75) is 25.4 Å². The highest BCUT2D eigenvalue weighted by Gasteiger charge is 2.24. The van der Waals surface area contributed by atoms with Gasteiger partial charge in [-0.25, -0.2) is 9.97 Å². The number of piperidine rings is 1. The molecule has 1 aliphatic heterocycles. The number of aryl methyl sites for hydroxylation is 1. The van der Waals surface area contributed by atoms with Crippen molar-refractivity contribution in [3.8, 4) is 0 Å². The molecule has 21 heavy (non-hydrogen) atoms. The third-order valence-corrected chi connectivity index (χ3v) is 4.30. The molecule has 0 aliphatic carbocycles. The Labute approximate surface area is 126 Å². The normalized spacial score (nSPS) is 19.2. The van der Waals surface area contributed by atoms with E-state index in [0.717, 1.165) is 31.3 Å². The molecule has 1 aliphatic rings. The van der Waals surface area contributed by atoms with Crippen LogP contribution in [0.3, 0.4) is 0 Å². The average molecular weight is 285 g/mol. The number of anilines is 1. The summed E-state index contributed by atoms with van der Waals surface area (Å²) in [6.45, 7) is 3.03. The first-order valence-electron chi connectivity index (χ1n) is 7.56. The highest BCUT2D eigenvalue weighted by atomic mass is 15.3. The highest BCUT2D eigenvalue weighted by molar-refractivity contribution is 5.38. The van der Waals surface area contributed by atoms with E-state index in [1.54, 1.807) is 0 Å². The van der Waals surface area contributed by atoms with Crippen molar-refractivity contribution in [3.63, 3.8) is 0 Å². The van der Waals surface area contributed by atoms with Crippen LogP contribution in [0.15, 0.2) is 36.8 Å². The minimum Gasteiger partial charge on any atom is -0.355 e. The monoisotopic (exact) mass is 285 g/mol. The van der Waals surface area contributed by atoms with Crippen LogP contribution in [0.25, 0.3) is 0 Å². The number of hydrogen-bond donors (Lipinski definition) is 0. The lowest BCUT2D eigenvalue weighted by Gasteiger charge is -2.38. The van der Waals surface area contributed by atoms with E-state index < -0.39 is 0 Å². The fourth-order valence-corrected chi connectivity index (χ4v) is 2.96. The molecule has 0 N–H and O–H groups in total. The van der Waals surface area contributed by atoms with Gasteiger partial charge in [-0.15, -0.1) is 0 Å². The zero-order valence-corrected chi connectivity index (χ0v) is 12.8. The number of rotatable bonds is 4. The minimum absolute atomic E-state index is 0.553. The smallest absolute Gasteiger partial charge is 0.128 e. The summed E-state index contributed by atoms with van der Waals surface area (Å²) in [6, 6.07) is 6.68. The van der Waals surface area contributed by atoms with Gasteiger partial charge in [-0.3, -0.25) is 4.90 Å². The summed E-state index contributed by atoms with van der Waals surface area (Å²) in [5.74, 6) is 2.21. The Balaban J connectivity index is 1.64. The Kier molecular flexibility index (Phi) is 4.20. The van der Waals surface area contributed by atoms with E-state index in [1.165, 1.54) is 12.8 Å². The maximum Gasteiger partial charge on any atom is 0.128 e. The van der Waals surface area contributed by atoms with Crippen LogP contribution < -0.4 is 4.90 Å². The second-order valence-corrected chi connectivity index (χ2v) is 5.80. The van der Waals surface area contributed by atoms with Gasteiger partial charge in [0.2, 0.25) is 0 Å². The average Bonchev–Trinajstić information content (AvgIpc) is 2.93. The highest BCUT2D eigenvalue weighted by Crippen LogP contribution is 2.20. The Hall–Kier alpha value is -1.88. The van der Waals surface area contributed by atoms with Gasteiger partial charge < -0.3 is 9.47 Å². The number of hydrogen-bond acceptors (Lipinski definition) is 4. The standard InChI is InChI=1S/C16H23N5/c1-19-11-9-18-16(19)13-20(2)14-6-5-10-21(12-14)15-7-3-4-8-17-15/h3-4,7-9,11,14H,5-6,10,12-13H2,1-2H3. The first-order valence-corrected chi connectivity index (χ1v) is 7.56. The maximum atomic E-state index is 4.48. The predicted octanol–water partition coefficient (Wildman–Crippen LogP) is 1.92. The molecule has 0 aromatic carbocycles. The van der Waals surface area contributed by atoms with E-state index >= 15 is 0 Å². The molecule has 0 spiro atoms. The molecule has 5 heteroatoms. The lowest BCUT2D eigenvalue weighted by atomic mass is 10.0. The van der Waals surface area contributed by atoms with Crippen molar-refractivity contribution in [2.24, 2.45) is 7.05 Å². The second kappa shape index (κ2) is 6.26. The topological polar surface area (TPSA) is 37.2 Å². The summed E-state index contributed by atoms with van der Waals surface area (Å²) in [4.78, 5) is 13.7. The van der Waals surface area contributed by atoms with E-state index in [-0.39, 0.29) is 0 Å². The Morgan fingerprint density at radius 2 is 2.19 bits per heavy atom. The third kappa shape index (κ3) is 3.24. The van der Waals surface area contributed by atoms with Crippen molar-refractivity contribution in [1.82, 2.24) is 19.4 Å². The molecule has 1 fully saturated rings. The summed E-state index contributed by atoms with van der Waals surface area (Å²) < 4.78 is 2.09. The van der Waals surface area contributed by atoms with Crippen LogP contribution >= 0.6 is 0 Å².